The molecule has 0 saturated carbocycles. The van der Waals surface area contributed by atoms with Crippen molar-refractivity contribution in [1.82, 2.24) is 10.2 Å². The van der Waals surface area contributed by atoms with E-state index in [0.717, 1.165) is 4.90 Å². The third-order valence-electron chi connectivity index (χ3n) is 2.97. The molecule has 20 heavy (non-hydrogen) atoms. The number of carbonyl (C=O) groups is 3. The number of hydrogen-bond acceptors (Lipinski definition) is 3. The number of carbonyl (C=O) groups excluding carboxylic acids is 3. The molecular weight excluding hydrogens is 303 g/mol. The molecule has 7 heteroatoms. The summed E-state index contributed by atoms with van der Waals surface area (Å²) in [7, 11) is 0. The molecule has 3 amide bonds. The highest BCUT2D eigenvalue weighted by Gasteiger charge is 2.28. The quantitative estimate of drug-likeness (QED) is 0.863. The monoisotopic (exact) mass is 314 g/mol. The van der Waals surface area contributed by atoms with E-state index >= 15 is 0 Å². The summed E-state index contributed by atoms with van der Waals surface area (Å²) in [4.78, 5) is 35.8. The van der Waals surface area contributed by atoms with Gasteiger partial charge in [-0.3, -0.25) is 19.3 Å². The predicted molar refractivity (Wildman–Crippen MR) is 74.7 cm³/mol. The minimum Gasteiger partial charge on any atom is -0.350 e. The first-order chi connectivity index (χ1) is 9.50. The molecule has 1 heterocycles. The molecule has 0 radical (unpaired) electrons. The van der Waals surface area contributed by atoms with E-state index in [9.17, 15) is 14.4 Å². The maximum absolute atomic E-state index is 11.9. The Morgan fingerprint density at radius 3 is 2.50 bits per heavy atom. The molecule has 106 valence electrons. The number of amides is 3. The zero-order valence-electron chi connectivity index (χ0n) is 10.5. The van der Waals surface area contributed by atoms with Gasteiger partial charge in [0.25, 0.3) is 5.91 Å². The van der Waals surface area contributed by atoms with Crippen LogP contribution in [0.15, 0.2) is 18.2 Å². The standard InChI is InChI=1S/C13H12Cl2N2O3/c14-9-3-1-2-8(12(9)15)13(20)16-6-7-17-10(18)4-5-11(17)19/h1-3H,4-7H2,(H,16,20). The number of rotatable bonds is 4. The van der Waals surface area contributed by atoms with E-state index < -0.39 is 5.91 Å². The molecule has 1 aromatic rings. The van der Waals surface area contributed by atoms with Crippen LogP contribution >= 0.6 is 23.2 Å². The van der Waals surface area contributed by atoms with Crippen molar-refractivity contribution in [2.45, 2.75) is 12.8 Å². The third-order valence-corrected chi connectivity index (χ3v) is 3.79. The second kappa shape index (κ2) is 6.24. The summed E-state index contributed by atoms with van der Waals surface area (Å²) in [5.74, 6) is -0.799. The Morgan fingerprint density at radius 1 is 1.20 bits per heavy atom. The molecule has 0 unspecified atom stereocenters. The van der Waals surface area contributed by atoms with Crippen LogP contribution in [-0.4, -0.2) is 35.7 Å². The van der Waals surface area contributed by atoms with Gasteiger partial charge >= 0.3 is 0 Å². The summed E-state index contributed by atoms with van der Waals surface area (Å²) < 4.78 is 0. The van der Waals surface area contributed by atoms with Gasteiger partial charge in [-0.2, -0.15) is 0 Å². The van der Waals surface area contributed by atoms with Crippen LogP contribution in [0.4, 0.5) is 0 Å². The molecule has 1 aromatic carbocycles. The first kappa shape index (κ1) is 14.8. The average Bonchev–Trinajstić information content (AvgIpc) is 2.73. The predicted octanol–water partition coefficient (Wildman–Crippen LogP) is 1.87. The van der Waals surface area contributed by atoms with E-state index in [2.05, 4.69) is 5.32 Å². The molecule has 0 bridgehead atoms. The number of nitrogens with zero attached hydrogens (tertiary/aromatic N) is 1. The Hall–Kier alpha value is -1.59. The Kier molecular flexibility index (Phi) is 4.62. The molecule has 1 aliphatic rings. The van der Waals surface area contributed by atoms with E-state index in [1.807, 2.05) is 0 Å². The highest BCUT2D eigenvalue weighted by molar-refractivity contribution is 6.43. The van der Waals surface area contributed by atoms with E-state index in [-0.39, 0.29) is 48.3 Å². The lowest BCUT2D eigenvalue weighted by atomic mass is 10.2. The molecule has 1 saturated heterocycles. The van der Waals surface area contributed by atoms with Gasteiger partial charge in [0.05, 0.1) is 15.6 Å². The normalized spacial score (nSPS) is 14.8. The molecule has 1 N–H and O–H groups in total. The van der Waals surface area contributed by atoms with Gasteiger partial charge in [-0.1, -0.05) is 29.3 Å². The molecule has 0 spiro atoms. The third kappa shape index (κ3) is 3.11. The van der Waals surface area contributed by atoms with Gasteiger partial charge in [0, 0.05) is 25.9 Å². The van der Waals surface area contributed by atoms with E-state index in [0.29, 0.717) is 5.02 Å². The van der Waals surface area contributed by atoms with E-state index in [1.165, 1.54) is 0 Å². The van der Waals surface area contributed by atoms with Crippen molar-refractivity contribution in [3.05, 3.63) is 33.8 Å². The molecule has 0 aliphatic carbocycles. The summed E-state index contributed by atoms with van der Waals surface area (Å²) in [6, 6.07) is 4.76. The SMILES string of the molecule is O=C(NCCN1C(=O)CCC1=O)c1cccc(Cl)c1Cl. The van der Waals surface area contributed by atoms with Crippen molar-refractivity contribution in [3.63, 3.8) is 0 Å². The lowest BCUT2D eigenvalue weighted by Crippen LogP contribution is -2.37. The molecule has 5 nitrogen and oxygen atoms in total. The maximum atomic E-state index is 11.9. The van der Waals surface area contributed by atoms with Gasteiger partial charge < -0.3 is 5.32 Å². The van der Waals surface area contributed by atoms with Crippen LogP contribution in [0.2, 0.25) is 10.0 Å². The van der Waals surface area contributed by atoms with E-state index in [1.54, 1.807) is 18.2 Å². The average molecular weight is 315 g/mol. The second-order valence-corrected chi connectivity index (χ2v) is 5.08. The zero-order chi connectivity index (χ0) is 14.7. The Morgan fingerprint density at radius 2 is 1.85 bits per heavy atom. The van der Waals surface area contributed by atoms with Crippen molar-refractivity contribution >= 4 is 40.9 Å². The maximum Gasteiger partial charge on any atom is 0.252 e. The van der Waals surface area contributed by atoms with Gasteiger partial charge in [-0.15, -0.1) is 0 Å². The number of likely N-dealkylation sites (tertiary alicyclic amines) is 1. The topological polar surface area (TPSA) is 66.5 Å². The summed E-state index contributed by atoms with van der Waals surface area (Å²) in [5.41, 5.74) is 0.262. The van der Waals surface area contributed by atoms with Crippen molar-refractivity contribution in [2.24, 2.45) is 0 Å². The summed E-state index contributed by atoms with van der Waals surface area (Å²) in [6.07, 6.45) is 0.486. The van der Waals surface area contributed by atoms with Gasteiger partial charge in [-0.05, 0) is 12.1 Å². The molecule has 2 rings (SSSR count). The van der Waals surface area contributed by atoms with Crippen molar-refractivity contribution in [2.75, 3.05) is 13.1 Å². The van der Waals surface area contributed by atoms with Crippen LogP contribution in [-0.2, 0) is 9.59 Å². The van der Waals surface area contributed by atoms with Crippen LogP contribution in [0.5, 0.6) is 0 Å². The lowest BCUT2D eigenvalue weighted by Gasteiger charge is -2.14. The Bertz CT molecular complexity index is 559. The largest absolute Gasteiger partial charge is 0.350 e. The fourth-order valence-electron chi connectivity index (χ4n) is 1.93. The van der Waals surface area contributed by atoms with Crippen molar-refractivity contribution in [3.8, 4) is 0 Å². The molecule has 1 fully saturated rings. The Balaban J connectivity index is 1.91. The van der Waals surface area contributed by atoms with Gasteiger partial charge in [0.1, 0.15) is 0 Å². The summed E-state index contributed by atoms with van der Waals surface area (Å²) >= 11 is 11.8. The highest BCUT2D eigenvalue weighted by Crippen LogP contribution is 2.25. The molecule has 1 aliphatic heterocycles. The number of imide groups is 1. The first-order valence-corrected chi connectivity index (χ1v) is 6.81. The van der Waals surface area contributed by atoms with Crippen LogP contribution in [0, 0.1) is 0 Å². The number of hydrogen-bond donors (Lipinski definition) is 1. The molecule has 0 atom stereocenters. The first-order valence-electron chi connectivity index (χ1n) is 6.06. The minimum absolute atomic E-state index is 0.168. The van der Waals surface area contributed by atoms with E-state index in [4.69, 9.17) is 23.2 Å². The highest BCUT2D eigenvalue weighted by atomic mass is 35.5. The minimum atomic E-state index is -0.392. The van der Waals surface area contributed by atoms with Crippen LogP contribution in [0.25, 0.3) is 0 Å². The second-order valence-electron chi connectivity index (χ2n) is 4.30. The zero-order valence-corrected chi connectivity index (χ0v) is 12.0. The number of halogens is 2. The number of nitrogens with one attached hydrogen (secondary N) is 1. The van der Waals surface area contributed by atoms with Crippen LogP contribution in [0.1, 0.15) is 23.2 Å². The fraction of sp³-hybridized carbons (Fsp3) is 0.308. The van der Waals surface area contributed by atoms with Crippen LogP contribution < -0.4 is 5.32 Å². The summed E-state index contributed by atoms with van der Waals surface area (Å²) in [6.45, 7) is 0.348. The van der Waals surface area contributed by atoms with Gasteiger partial charge in [0.15, 0.2) is 0 Å². The lowest BCUT2D eigenvalue weighted by molar-refractivity contribution is -0.138. The number of benzene rings is 1. The van der Waals surface area contributed by atoms with Crippen molar-refractivity contribution < 1.29 is 14.4 Å². The van der Waals surface area contributed by atoms with Crippen molar-refractivity contribution in [1.29, 1.82) is 0 Å². The fourth-order valence-corrected chi connectivity index (χ4v) is 2.31. The van der Waals surface area contributed by atoms with Crippen LogP contribution in [0.3, 0.4) is 0 Å². The van der Waals surface area contributed by atoms with Gasteiger partial charge in [0.2, 0.25) is 11.8 Å². The molecular formula is C13H12Cl2N2O3. The smallest absolute Gasteiger partial charge is 0.252 e. The molecule has 0 aromatic heterocycles. The van der Waals surface area contributed by atoms with Gasteiger partial charge in [-0.25, -0.2) is 0 Å². The Labute approximate surface area is 125 Å². The summed E-state index contributed by atoms with van der Waals surface area (Å²) in [5, 5.41) is 3.08.